The minimum Gasteiger partial charge on any atom is -0.274 e. The number of rotatable bonds is 0. The van der Waals surface area contributed by atoms with Crippen LogP contribution >= 0.6 is 0 Å². The Kier molecular flexibility index (Phi) is 1.80. The lowest BCUT2D eigenvalue weighted by atomic mass is 10.2. The Morgan fingerprint density at radius 1 is 1.12 bits per heavy atom. The van der Waals surface area contributed by atoms with E-state index in [-0.39, 0.29) is 5.91 Å². The molecule has 0 aliphatic rings. The van der Waals surface area contributed by atoms with Gasteiger partial charge in [-0.1, -0.05) is 18.2 Å². The third-order valence-corrected chi connectivity index (χ3v) is 2.75. The molecule has 78 valence electrons. The van der Waals surface area contributed by atoms with E-state index >= 15 is 0 Å². The van der Waals surface area contributed by atoms with Gasteiger partial charge in [-0.15, -0.1) is 0 Å². The fraction of sp³-hybridized carbons (Fsp3) is 0.0769. The standard InChI is InChI=1S/C13H10N2O/c1-9(16)15-12-7-3-2-5-10(12)11-6-4-8-14-13(11)15/h2-8H,1H3. The molecule has 0 atom stereocenters. The molecule has 3 aromatic rings. The van der Waals surface area contributed by atoms with Gasteiger partial charge in [-0.3, -0.25) is 9.36 Å². The maximum Gasteiger partial charge on any atom is 0.229 e. The third-order valence-electron chi connectivity index (χ3n) is 2.75. The van der Waals surface area contributed by atoms with E-state index in [1.807, 2.05) is 36.4 Å². The molecule has 0 fully saturated rings. The SMILES string of the molecule is CC(=O)n1c2ccccc2c2cccnc21. The van der Waals surface area contributed by atoms with Crippen LogP contribution in [0.4, 0.5) is 0 Å². The van der Waals surface area contributed by atoms with Gasteiger partial charge in [0.2, 0.25) is 5.91 Å². The van der Waals surface area contributed by atoms with E-state index in [2.05, 4.69) is 4.98 Å². The van der Waals surface area contributed by atoms with Crippen molar-refractivity contribution in [3.05, 3.63) is 42.6 Å². The van der Waals surface area contributed by atoms with Crippen LogP contribution in [0.15, 0.2) is 42.6 Å². The molecule has 16 heavy (non-hydrogen) atoms. The van der Waals surface area contributed by atoms with E-state index in [9.17, 15) is 4.79 Å². The summed E-state index contributed by atoms with van der Waals surface area (Å²) >= 11 is 0. The fourth-order valence-electron chi connectivity index (χ4n) is 2.11. The molecule has 0 bridgehead atoms. The van der Waals surface area contributed by atoms with Crippen molar-refractivity contribution in [2.75, 3.05) is 0 Å². The number of benzene rings is 1. The van der Waals surface area contributed by atoms with Crippen LogP contribution in [-0.2, 0) is 0 Å². The molecule has 0 spiro atoms. The van der Waals surface area contributed by atoms with Crippen molar-refractivity contribution in [3.8, 4) is 0 Å². The zero-order valence-corrected chi connectivity index (χ0v) is 8.84. The monoisotopic (exact) mass is 210 g/mol. The third kappa shape index (κ3) is 1.08. The van der Waals surface area contributed by atoms with Crippen LogP contribution in [-0.4, -0.2) is 15.5 Å². The molecule has 0 aliphatic heterocycles. The summed E-state index contributed by atoms with van der Waals surface area (Å²) in [5.41, 5.74) is 1.65. The number of fused-ring (bicyclic) bond motifs is 3. The highest BCUT2D eigenvalue weighted by molar-refractivity contribution is 6.11. The van der Waals surface area contributed by atoms with Crippen LogP contribution < -0.4 is 0 Å². The van der Waals surface area contributed by atoms with Gasteiger partial charge < -0.3 is 0 Å². The van der Waals surface area contributed by atoms with E-state index in [1.54, 1.807) is 17.7 Å². The molecule has 0 aliphatic carbocycles. The Morgan fingerprint density at radius 3 is 2.69 bits per heavy atom. The lowest BCUT2D eigenvalue weighted by Gasteiger charge is -1.99. The first kappa shape index (κ1) is 9.09. The molecule has 0 N–H and O–H groups in total. The predicted octanol–water partition coefficient (Wildman–Crippen LogP) is 2.85. The molecule has 3 heteroatoms. The number of hydrogen-bond donors (Lipinski definition) is 0. The van der Waals surface area contributed by atoms with Crippen molar-refractivity contribution in [2.45, 2.75) is 6.92 Å². The predicted molar refractivity (Wildman–Crippen MR) is 63.5 cm³/mol. The van der Waals surface area contributed by atoms with Crippen molar-refractivity contribution < 1.29 is 4.79 Å². The highest BCUT2D eigenvalue weighted by Crippen LogP contribution is 2.26. The zero-order valence-electron chi connectivity index (χ0n) is 8.84. The summed E-state index contributed by atoms with van der Waals surface area (Å²) < 4.78 is 1.66. The van der Waals surface area contributed by atoms with Gasteiger partial charge in [-0.05, 0) is 18.2 Å². The molecular formula is C13H10N2O. The van der Waals surface area contributed by atoms with Gasteiger partial charge >= 0.3 is 0 Å². The maximum absolute atomic E-state index is 11.7. The second-order valence-electron chi connectivity index (χ2n) is 3.75. The Balaban J connectivity index is 2.64. The second-order valence-corrected chi connectivity index (χ2v) is 3.75. The molecule has 0 saturated carbocycles. The van der Waals surface area contributed by atoms with Gasteiger partial charge in [0.05, 0.1) is 5.52 Å². The van der Waals surface area contributed by atoms with E-state index < -0.39 is 0 Å². The average molecular weight is 210 g/mol. The van der Waals surface area contributed by atoms with Gasteiger partial charge in [-0.2, -0.15) is 0 Å². The lowest BCUT2D eigenvalue weighted by molar-refractivity contribution is 0.0946. The lowest BCUT2D eigenvalue weighted by Crippen LogP contribution is -2.05. The molecular weight excluding hydrogens is 200 g/mol. The van der Waals surface area contributed by atoms with Crippen molar-refractivity contribution in [2.24, 2.45) is 0 Å². The average Bonchev–Trinajstić information content (AvgIpc) is 2.63. The van der Waals surface area contributed by atoms with Crippen molar-refractivity contribution >= 4 is 27.8 Å². The Bertz CT molecular complexity index is 644. The highest BCUT2D eigenvalue weighted by Gasteiger charge is 2.12. The van der Waals surface area contributed by atoms with Crippen LogP contribution in [0.5, 0.6) is 0 Å². The summed E-state index contributed by atoms with van der Waals surface area (Å²) in [5, 5.41) is 2.09. The summed E-state index contributed by atoms with van der Waals surface area (Å²) in [4.78, 5) is 15.9. The van der Waals surface area contributed by atoms with Gasteiger partial charge in [0.1, 0.15) is 5.65 Å². The first-order valence-electron chi connectivity index (χ1n) is 5.14. The number of aromatic nitrogens is 2. The molecule has 0 saturated heterocycles. The van der Waals surface area contributed by atoms with Crippen molar-refractivity contribution in [3.63, 3.8) is 0 Å². The molecule has 3 nitrogen and oxygen atoms in total. The Morgan fingerprint density at radius 2 is 1.88 bits per heavy atom. The minimum atomic E-state index is -0.00935. The summed E-state index contributed by atoms with van der Waals surface area (Å²) in [7, 11) is 0. The van der Waals surface area contributed by atoms with Gasteiger partial charge in [0.15, 0.2) is 0 Å². The molecule has 0 radical (unpaired) electrons. The van der Waals surface area contributed by atoms with Crippen LogP contribution in [0.3, 0.4) is 0 Å². The maximum atomic E-state index is 11.7. The van der Waals surface area contributed by atoms with Gasteiger partial charge in [-0.25, -0.2) is 4.98 Å². The summed E-state index contributed by atoms with van der Waals surface area (Å²) in [6.07, 6.45) is 1.71. The first-order valence-corrected chi connectivity index (χ1v) is 5.14. The molecule has 1 aromatic carbocycles. The number of carbonyl (C=O) groups is 1. The minimum absolute atomic E-state index is 0.00935. The van der Waals surface area contributed by atoms with E-state index in [4.69, 9.17) is 0 Å². The van der Waals surface area contributed by atoms with E-state index in [0.29, 0.717) is 0 Å². The van der Waals surface area contributed by atoms with Crippen LogP contribution in [0.2, 0.25) is 0 Å². The Labute approximate surface area is 92.3 Å². The number of pyridine rings is 1. The molecule has 3 rings (SSSR count). The molecule has 0 unspecified atom stereocenters. The van der Waals surface area contributed by atoms with Crippen LogP contribution in [0.25, 0.3) is 21.9 Å². The summed E-state index contributed by atoms with van der Waals surface area (Å²) in [6.45, 7) is 1.56. The fourth-order valence-corrected chi connectivity index (χ4v) is 2.11. The largest absolute Gasteiger partial charge is 0.274 e. The second kappa shape index (κ2) is 3.17. The number of nitrogens with zero attached hydrogens (tertiary/aromatic N) is 2. The first-order chi connectivity index (χ1) is 7.79. The van der Waals surface area contributed by atoms with Crippen LogP contribution in [0.1, 0.15) is 11.7 Å². The molecule has 2 heterocycles. The number of hydrogen-bond acceptors (Lipinski definition) is 2. The molecule has 2 aromatic heterocycles. The molecule has 0 amide bonds. The Hall–Kier alpha value is -2.16. The van der Waals surface area contributed by atoms with E-state index in [0.717, 1.165) is 21.9 Å². The quantitative estimate of drug-likeness (QED) is 0.571. The van der Waals surface area contributed by atoms with Gasteiger partial charge in [0.25, 0.3) is 0 Å². The number of carbonyl (C=O) groups excluding carboxylic acids is 1. The highest BCUT2D eigenvalue weighted by atomic mass is 16.1. The smallest absolute Gasteiger partial charge is 0.229 e. The van der Waals surface area contributed by atoms with E-state index in [1.165, 1.54) is 0 Å². The van der Waals surface area contributed by atoms with Crippen molar-refractivity contribution in [1.29, 1.82) is 0 Å². The topological polar surface area (TPSA) is 34.9 Å². The van der Waals surface area contributed by atoms with Crippen LogP contribution in [0, 0.1) is 0 Å². The summed E-state index contributed by atoms with van der Waals surface area (Å²) in [6, 6.07) is 11.7. The van der Waals surface area contributed by atoms with Crippen molar-refractivity contribution in [1.82, 2.24) is 9.55 Å². The summed E-state index contributed by atoms with van der Waals surface area (Å²) in [5.74, 6) is -0.00935. The normalized spacial score (nSPS) is 11.1. The zero-order chi connectivity index (χ0) is 11.1. The number of para-hydroxylation sites is 1. The van der Waals surface area contributed by atoms with Gasteiger partial charge in [0, 0.05) is 23.9 Å².